The van der Waals surface area contributed by atoms with Crippen molar-refractivity contribution in [2.75, 3.05) is 26.2 Å². The van der Waals surface area contributed by atoms with E-state index >= 15 is 0 Å². The van der Waals surface area contributed by atoms with E-state index in [9.17, 15) is 4.79 Å². The molecule has 146 valence electrons. The molecule has 0 unspecified atom stereocenters. The number of halogens is 1. The minimum absolute atomic E-state index is 0. The third-order valence-corrected chi connectivity index (χ3v) is 4.72. The van der Waals surface area contributed by atoms with Crippen LogP contribution in [0.5, 0.6) is 5.75 Å². The lowest BCUT2D eigenvalue weighted by Gasteiger charge is -2.33. The number of rotatable bonds is 7. The van der Waals surface area contributed by atoms with Gasteiger partial charge in [-0.05, 0) is 30.2 Å². The number of hydrogen-bond acceptors (Lipinski definition) is 4. The van der Waals surface area contributed by atoms with Crippen LogP contribution in [0.3, 0.4) is 0 Å². The molecule has 0 spiro atoms. The maximum Gasteiger partial charge on any atom is 0.234 e. The second-order valence-electron chi connectivity index (χ2n) is 6.67. The second kappa shape index (κ2) is 10.9. The first kappa shape index (κ1) is 21.2. The Hall–Kier alpha value is -2.08. The molecular formula is C21H28ClN3O2. The Kier molecular flexibility index (Phi) is 8.58. The van der Waals surface area contributed by atoms with Crippen LogP contribution in [0.4, 0.5) is 0 Å². The van der Waals surface area contributed by atoms with Gasteiger partial charge in [0.15, 0.2) is 0 Å². The Balaban J connectivity index is 0.00000261. The van der Waals surface area contributed by atoms with Crippen LogP contribution >= 0.6 is 12.4 Å². The molecule has 3 rings (SSSR count). The summed E-state index contributed by atoms with van der Waals surface area (Å²) in [4.78, 5) is 14.5. The van der Waals surface area contributed by atoms with Gasteiger partial charge in [0, 0.05) is 32.2 Å². The van der Waals surface area contributed by atoms with Crippen molar-refractivity contribution in [2.24, 2.45) is 0 Å². The number of amides is 1. The zero-order valence-corrected chi connectivity index (χ0v) is 16.5. The number of piperazine rings is 1. The number of nitrogens with one attached hydrogen (secondary N) is 2. The van der Waals surface area contributed by atoms with Crippen LogP contribution in [0.2, 0.25) is 0 Å². The van der Waals surface area contributed by atoms with Gasteiger partial charge in [0.2, 0.25) is 5.91 Å². The Bertz CT molecular complexity index is 712. The van der Waals surface area contributed by atoms with Gasteiger partial charge >= 0.3 is 0 Å². The Labute approximate surface area is 167 Å². The average Bonchev–Trinajstić information content (AvgIpc) is 2.68. The van der Waals surface area contributed by atoms with Gasteiger partial charge in [-0.15, -0.1) is 12.4 Å². The maximum absolute atomic E-state index is 12.3. The quantitative estimate of drug-likeness (QED) is 0.764. The standard InChI is InChI=1S/C21H27N3O2.ClH/c1-17-13-22-11-12-24(17)15-21(25)23-14-18-7-5-6-8-19(18)16-26-20-9-3-2-4-10-20;/h2-10,17,22H,11-16H2,1H3,(H,23,25);1H/t17-;/m0./s1. The molecule has 1 heterocycles. The molecule has 6 heteroatoms. The van der Waals surface area contributed by atoms with Crippen molar-refractivity contribution in [3.8, 4) is 5.75 Å². The summed E-state index contributed by atoms with van der Waals surface area (Å²) in [6.07, 6.45) is 0. The van der Waals surface area contributed by atoms with Gasteiger partial charge in [0.05, 0.1) is 6.54 Å². The molecule has 0 radical (unpaired) electrons. The summed E-state index contributed by atoms with van der Waals surface area (Å²) in [5.74, 6) is 0.913. The fourth-order valence-electron chi connectivity index (χ4n) is 3.10. The highest BCUT2D eigenvalue weighted by molar-refractivity contribution is 5.85. The number of benzene rings is 2. The van der Waals surface area contributed by atoms with E-state index < -0.39 is 0 Å². The van der Waals surface area contributed by atoms with Crippen molar-refractivity contribution < 1.29 is 9.53 Å². The van der Waals surface area contributed by atoms with Gasteiger partial charge in [0.25, 0.3) is 0 Å². The summed E-state index contributed by atoms with van der Waals surface area (Å²) in [5.41, 5.74) is 2.18. The van der Waals surface area contributed by atoms with E-state index in [1.165, 1.54) is 0 Å². The number of nitrogens with zero attached hydrogens (tertiary/aromatic N) is 1. The molecule has 1 fully saturated rings. The summed E-state index contributed by atoms with van der Waals surface area (Å²) in [6, 6.07) is 18.2. The predicted octanol–water partition coefficient (Wildman–Crippen LogP) is 2.60. The van der Waals surface area contributed by atoms with Gasteiger partial charge < -0.3 is 15.4 Å². The predicted molar refractivity (Wildman–Crippen MR) is 110 cm³/mol. The average molecular weight is 390 g/mol. The molecule has 2 N–H and O–H groups in total. The molecule has 2 aromatic rings. The van der Waals surface area contributed by atoms with Crippen LogP contribution in [0.25, 0.3) is 0 Å². The molecule has 5 nitrogen and oxygen atoms in total. The van der Waals surface area contributed by atoms with Crippen molar-refractivity contribution in [1.29, 1.82) is 0 Å². The minimum Gasteiger partial charge on any atom is -0.489 e. The summed E-state index contributed by atoms with van der Waals surface area (Å²) in [6.45, 7) is 6.40. The monoisotopic (exact) mass is 389 g/mol. The van der Waals surface area contributed by atoms with Crippen molar-refractivity contribution in [2.45, 2.75) is 26.1 Å². The van der Waals surface area contributed by atoms with Crippen molar-refractivity contribution in [3.05, 3.63) is 65.7 Å². The smallest absolute Gasteiger partial charge is 0.234 e. The van der Waals surface area contributed by atoms with E-state index in [-0.39, 0.29) is 18.3 Å². The molecule has 0 saturated carbocycles. The summed E-state index contributed by atoms with van der Waals surface area (Å²) in [5, 5.41) is 6.39. The van der Waals surface area contributed by atoms with E-state index in [0.29, 0.717) is 25.7 Å². The Morgan fingerprint density at radius 2 is 1.85 bits per heavy atom. The first-order valence-corrected chi connectivity index (χ1v) is 9.18. The first-order chi connectivity index (χ1) is 12.7. The lowest BCUT2D eigenvalue weighted by molar-refractivity contribution is -0.123. The van der Waals surface area contributed by atoms with Crippen LogP contribution in [-0.4, -0.2) is 43.0 Å². The molecular weight excluding hydrogens is 362 g/mol. The van der Waals surface area contributed by atoms with Gasteiger partial charge in [-0.3, -0.25) is 9.69 Å². The lowest BCUT2D eigenvalue weighted by atomic mass is 10.1. The molecule has 1 atom stereocenters. The van der Waals surface area contributed by atoms with Crippen LogP contribution in [0, 0.1) is 0 Å². The summed E-state index contributed by atoms with van der Waals surface area (Å²) >= 11 is 0. The molecule has 1 saturated heterocycles. The first-order valence-electron chi connectivity index (χ1n) is 9.18. The number of para-hydroxylation sites is 1. The topological polar surface area (TPSA) is 53.6 Å². The highest BCUT2D eigenvalue weighted by Gasteiger charge is 2.20. The van der Waals surface area contributed by atoms with Gasteiger partial charge in [0.1, 0.15) is 12.4 Å². The SMILES string of the molecule is C[C@H]1CNCCN1CC(=O)NCc1ccccc1COc1ccccc1.Cl. The van der Waals surface area contributed by atoms with E-state index in [0.717, 1.165) is 36.5 Å². The van der Waals surface area contributed by atoms with Gasteiger partial charge in [-0.2, -0.15) is 0 Å². The molecule has 1 aliphatic heterocycles. The maximum atomic E-state index is 12.3. The summed E-state index contributed by atoms with van der Waals surface area (Å²) < 4.78 is 5.85. The minimum atomic E-state index is 0. The Morgan fingerprint density at radius 3 is 2.59 bits per heavy atom. The molecule has 27 heavy (non-hydrogen) atoms. The molecule has 0 aliphatic carbocycles. The summed E-state index contributed by atoms with van der Waals surface area (Å²) in [7, 11) is 0. The third kappa shape index (κ3) is 6.54. The number of hydrogen-bond donors (Lipinski definition) is 2. The van der Waals surface area contributed by atoms with Crippen LogP contribution in [-0.2, 0) is 17.9 Å². The normalized spacial score (nSPS) is 17.0. The second-order valence-corrected chi connectivity index (χ2v) is 6.67. The van der Waals surface area contributed by atoms with E-state index in [1.807, 2.05) is 54.6 Å². The largest absolute Gasteiger partial charge is 0.489 e. The van der Waals surface area contributed by atoms with Gasteiger partial charge in [-0.1, -0.05) is 42.5 Å². The van der Waals surface area contributed by atoms with Crippen molar-refractivity contribution >= 4 is 18.3 Å². The Morgan fingerprint density at radius 1 is 1.15 bits per heavy atom. The highest BCUT2D eigenvalue weighted by Crippen LogP contribution is 2.14. The third-order valence-electron chi connectivity index (χ3n) is 4.72. The number of carbonyl (C=O) groups is 1. The molecule has 1 amide bonds. The van der Waals surface area contributed by atoms with Crippen LogP contribution in [0.15, 0.2) is 54.6 Å². The van der Waals surface area contributed by atoms with Crippen molar-refractivity contribution in [3.63, 3.8) is 0 Å². The fourth-order valence-corrected chi connectivity index (χ4v) is 3.10. The lowest BCUT2D eigenvalue weighted by Crippen LogP contribution is -2.52. The highest BCUT2D eigenvalue weighted by atomic mass is 35.5. The molecule has 0 bridgehead atoms. The fraction of sp³-hybridized carbons (Fsp3) is 0.381. The van der Waals surface area contributed by atoms with Crippen LogP contribution in [0.1, 0.15) is 18.1 Å². The molecule has 2 aromatic carbocycles. The van der Waals surface area contributed by atoms with E-state index in [2.05, 4.69) is 22.5 Å². The zero-order chi connectivity index (χ0) is 18.2. The van der Waals surface area contributed by atoms with Crippen LogP contribution < -0.4 is 15.4 Å². The van der Waals surface area contributed by atoms with Gasteiger partial charge in [-0.25, -0.2) is 0 Å². The number of ether oxygens (including phenoxy) is 1. The molecule has 0 aromatic heterocycles. The van der Waals surface area contributed by atoms with E-state index in [1.54, 1.807) is 0 Å². The van der Waals surface area contributed by atoms with E-state index in [4.69, 9.17) is 4.74 Å². The number of carbonyl (C=O) groups excluding carboxylic acids is 1. The molecule has 1 aliphatic rings. The van der Waals surface area contributed by atoms with Crippen molar-refractivity contribution in [1.82, 2.24) is 15.5 Å². The zero-order valence-electron chi connectivity index (χ0n) is 15.7.